The van der Waals surface area contributed by atoms with Crippen molar-refractivity contribution in [2.24, 2.45) is 5.92 Å². The van der Waals surface area contributed by atoms with Crippen LogP contribution in [0, 0.1) is 17.6 Å². The van der Waals surface area contributed by atoms with Crippen LogP contribution in [0.3, 0.4) is 0 Å². The highest BCUT2D eigenvalue weighted by Gasteiger charge is 2.39. The third kappa shape index (κ3) is 2.73. The SMILES string of the molecule is O=C1C(N2CCCC(CO)C2)CCN1c1c(F)cccc1F. The number of amides is 1. The number of piperidine rings is 1. The van der Waals surface area contributed by atoms with Crippen molar-refractivity contribution in [1.29, 1.82) is 0 Å². The van der Waals surface area contributed by atoms with Gasteiger partial charge in [0.2, 0.25) is 5.91 Å². The molecule has 0 spiro atoms. The Bertz CT molecular complexity index is 547. The molecule has 0 aliphatic carbocycles. The third-order valence-corrected chi connectivity index (χ3v) is 4.63. The lowest BCUT2D eigenvalue weighted by molar-refractivity contribution is -0.122. The number of benzene rings is 1. The van der Waals surface area contributed by atoms with Gasteiger partial charge in [0.05, 0.1) is 6.04 Å². The monoisotopic (exact) mass is 310 g/mol. The first-order valence-corrected chi connectivity index (χ1v) is 7.72. The average Bonchev–Trinajstić information content (AvgIpc) is 2.89. The zero-order chi connectivity index (χ0) is 15.7. The van der Waals surface area contributed by atoms with E-state index >= 15 is 0 Å². The largest absolute Gasteiger partial charge is 0.396 e. The number of likely N-dealkylation sites (tertiary alicyclic amines) is 1. The van der Waals surface area contributed by atoms with E-state index in [-0.39, 0.29) is 30.2 Å². The number of nitrogens with zero attached hydrogens (tertiary/aromatic N) is 2. The fraction of sp³-hybridized carbons (Fsp3) is 0.562. The van der Waals surface area contributed by atoms with Crippen LogP contribution in [0.4, 0.5) is 14.5 Å². The number of anilines is 1. The standard InChI is InChI=1S/C16H20F2N2O2/c17-12-4-1-5-13(18)15(12)20-8-6-14(16(20)22)19-7-2-3-11(9-19)10-21/h1,4-5,11,14,21H,2-3,6-10H2. The van der Waals surface area contributed by atoms with E-state index in [1.807, 2.05) is 4.90 Å². The van der Waals surface area contributed by atoms with Crippen molar-refractivity contribution in [3.05, 3.63) is 29.8 Å². The number of aliphatic hydroxyl groups excluding tert-OH is 1. The molecule has 1 amide bonds. The summed E-state index contributed by atoms with van der Waals surface area (Å²) in [5.41, 5.74) is -0.245. The number of para-hydroxylation sites is 1. The Morgan fingerprint density at radius 1 is 1.18 bits per heavy atom. The van der Waals surface area contributed by atoms with Crippen LogP contribution in [-0.4, -0.2) is 48.2 Å². The molecule has 0 saturated carbocycles. The minimum atomic E-state index is -0.708. The lowest BCUT2D eigenvalue weighted by Crippen LogP contribution is -2.47. The number of carbonyl (C=O) groups excluding carboxylic acids is 1. The summed E-state index contributed by atoms with van der Waals surface area (Å²) < 4.78 is 27.8. The van der Waals surface area contributed by atoms with Crippen molar-refractivity contribution in [1.82, 2.24) is 4.90 Å². The Morgan fingerprint density at radius 3 is 2.59 bits per heavy atom. The molecule has 2 unspecified atom stereocenters. The van der Waals surface area contributed by atoms with Gasteiger partial charge >= 0.3 is 0 Å². The van der Waals surface area contributed by atoms with Crippen LogP contribution in [0.25, 0.3) is 0 Å². The van der Waals surface area contributed by atoms with E-state index in [0.29, 0.717) is 19.5 Å². The van der Waals surface area contributed by atoms with Crippen LogP contribution < -0.4 is 4.90 Å². The molecule has 0 bridgehead atoms. The van der Waals surface area contributed by atoms with E-state index in [1.165, 1.54) is 23.1 Å². The Labute approximate surface area is 128 Å². The molecule has 2 heterocycles. The molecule has 1 N–H and O–H groups in total. The zero-order valence-electron chi connectivity index (χ0n) is 12.3. The highest BCUT2D eigenvalue weighted by Crippen LogP contribution is 2.30. The van der Waals surface area contributed by atoms with Gasteiger partial charge < -0.3 is 10.0 Å². The summed E-state index contributed by atoms with van der Waals surface area (Å²) in [6, 6.07) is 3.29. The average molecular weight is 310 g/mol. The molecule has 120 valence electrons. The second kappa shape index (κ2) is 6.30. The smallest absolute Gasteiger partial charge is 0.244 e. The number of hydrogen-bond acceptors (Lipinski definition) is 3. The van der Waals surface area contributed by atoms with Crippen LogP contribution in [-0.2, 0) is 4.79 Å². The van der Waals surface area contributed by atoms with Gasteiger partial charge in [0.25, 0.3) is 0 Å². The molecular formula is C16H20F2N2O2. The molecule has 2 atom stereocenters. The summed E-state index contributed by atoms with van der Waals surface area (Å²) in [6.07, 6.45) is 2.45. The molecule has 3 rings (SSSR count). The second-order valence-electron chi connectivity index (χ2n) is 6.05. The first kappa shape index (κ1) is 15.4. The molecular weight excluding hydrogens is 290 g/mol. The van der Waals surface area contributed by atoms with Crippen molar-refractivity contribution in [3.63, 3.8) is 0 Å². The predicted octanol–water partition coefficient (Wildman–Crippen LogP) is 1.77. The van der Waals surface area contributed by atoms with Crippen LogP contribution in [0.2, 0.25) is 0 Å². The van der Waals surface area contributed by atoms with Crippen molar-refractivity contribution in [3.8, 4) is 0 Å². The maximum absolute atomic E-state index is 13.9. The topological polar surface area (TPSA) is 43.8 Å². The molecule has 1 aromatic carbocycles. The zero-order valence-corrected chi connectivity index (χ0v) is 12.3. The van der Waals surface area contributed by atoms with Crippen LogP contribution in [0.15, 0.2) is 18.2 Å². The number of aliphatic hydroxyl groups is 1. The molecule has 0 aromatic heterocycles. The lowest BCUT2D eigenvalue weighted by Gasteiger charge is -2.35. The number of halogens is 2. The predicted molar refractivity (Wildman–Crippen MR) is 78.5 cm³/mol. The lowest BCUT2D eigenvalue weighted by atomic mass is 9.97. The molecule has 1 aromatic rings. The number of rotatable bonds is 3. The summed E-state index contributed by atoms with van der Waals surface area (Å²) in [7, 11) is 0. The Morgan fingerprint density at radius 2 is 1.91 bits per heavy atom. The van der Waals surface area contributed by atoms with Crippen LogP contribution in [0.1, 0.15) is 19.3 Å². The van der Waals surface area contributed by atoms with Gasteiger partial charge in [-0.3, -0.25) is 9.69 Å². The maximum Gasteiger partial charge on any atom is 0.244 e. The molecule has 6 heteroatoms. The van der Waals surface area contributed by atoms with Crippen LogP contribution >= 0.6 is 0 Å². The normalized spacial score (nSPS) is 26.7. The number of carbonyl (C=O) groups is 1. The first-order chi connectivity index (χ1) is 10.6. The molecule has 2 fully saturated rings. The van der Waals surface area contributed by atoms with E-state index in [2.05, 4.69) is 0 Å². The minimum Gasteiger partial charge on any atom is -0.396 e. The Kier molecular flexibility index (Phi) is 4.40. The van der Waals surface area contributed by atoms with Gasteiger partial charge in [-0.25, -0.2) is 8.78 Å². The second-order valence-corrected chi connectivity index (χ2v) is 6.05. The fourth-order valence-electron chi connectivity index (χ4n) is 3.50. The summed E-state index contributed by atoms with van der Waals surface area (Å²) >= 11 is 0. The molecule has 0 radical (unpaired) electrons. The highest BCUT2D eigenvalue weighted by molar-refractivity contribution is 5.99. The van der Waals surface area contributed by atoms with E-state index < -0.39 is 11.6 Å². The van der Waals surface area contributed by atoms with Gasteiger partial charge in [-0.1, -0.05) is 6.07 Å². The molecule has 22 heavy (non-hydrogen) atoms. The Balaban J connectivity index is 1.78. The van der Waals surface area contributed by atoms with Crippen molar-refractivity contribution in [2.45, 2.75) is 25.3 Å². The van der Waals surface area contributed by atoms with E-state index in [9.17, 15) is 18.7 Å². The Hall–Kier alpha value is -1.53. The van der Waals surface area contributed by atoms with Gasteiger partial charge in [-0.05, 0) is 43.9 Å². The van der Waals surface area contributed by atoms with Gasteiger partial charge in [0.15, 0.2) is 0 Å². The van der Waals surface area contributed by atoms with Crippen LogP contribution in [0.5, 0.6) is 0 Å². The maximum atomic E-state index is 13.9. The van der Waals surface area contributed by atoms with E-state index in [4.69, 9.17) is 0 Å². The molecule has 2 saturated heterocycles. The quantitative estimate of drug-likeness (QED) is 0.925. The summed E-state index contributed by atoms with van der Waals surface area (Å²) in [5, 5.41) is 9.30. The van der Waals surface area contributed by atoms with Gasteiger partial charge in [0.1, 0.15) is 17.3 Å². The van der Waals surface area contributed by atoms with E-state index in [0.717, 1.165) is 19.4 Å². The highest BCUT2D eigenvalue weighted by atomic mass is 19.1. The molecule has 2 aliphatic rings. The first-order valence-electron chi connectivity index (χ1n) is 7.72. The summed E-state index contributed by atoms with van der Waals surface area (Å²) in [4.78, 5) is 15.9. The molecule has 2 aliphatic heterocycles. The summed E-state index contributed by atoms with van der Waals surface area (Å²) in [6.45, 7) is 1.89. The summed E-state index contributed by atoms with van der Waals surface area (Å²) in [5.74, 6) is -1.48. The molecule has 4 nitrogen and oxygen atoms in total. The van der Waals surface area contributed by atoms with Gasteiger partial charge in [-0.2, -0.15) is 0 Å². The van der Waals surface area contributed by atoms with Crippen molar-refractivity contribution >= 4 is 11.6 Å². The van der Waals surface area contributed by atoms with E-state index in [1.54, 1.807) is 0 Å². The van der Waals surface area contributed by atoms with Gasteiger partial charge in [0, 0.05) is 19.7 Å². The number of hydrogen-bond donors (Lipinski definition) is 1. The minimum absolute atomic E-state index is 0.114. The van der Waals surface area contributed by atoms with Gasteiger partial charge in [-0.15, -0.1) is 0 Å². The van der Waals surface area contributed by atoms with Crippen molar-refractivity contribution in [2.75, 3.05) is 31.1 Å². The third-order valence-electron chi connectivity index (χ3n) is 4.63. The fourth-order valence-corrected chi connectivity index (χ4v) is 3.50. The van der Waals surface area contributed by atoms with Crippen molar-refractivity contribution < 1.29 is 18.7 Å².